The third-order valence-electron chi connectivity index (χ3n) is 3.54. The quantitative estimate of drug-likeness (QED) is 0.503. The predicted octanol–water partition coefficient (Wildman–Crippen LogP) is 1.33. The van der Waals surface area contributed by atoms with Gasteiger partial charge in [0.15, 0.2) is 5.78 Å². The summed E-state index contributed by atoms with van der Waals surface area (Å²) in [5, 5.41) is 2.49. The number of carbonyl (C=O) groups excluding carboxylic acids is 4. The van der Waals surface area contributed by atoms with E-state index in [0.717, 1.165) is 11.1 Å². The molecule has 1 unspecified atom stereocenters. The number of Topliss-reactive ketones (excluding diaryl/α,β-unsaturated/α-hetero) is 2. The molecule has 1 amide bonds. The van der Waals surface area contributed by atoms with E-state index in [9.17, 15) is 19.2 Å². The normalized spacial score (nSPS) is 17.0. The number of carbonyl (C=O) groups is 4. The van der Waals surface area contributed by atoms with Gasteiger partial charge in [-0.1, -0.05) is 17.7 Å². The van der Waals surface area contributed by atoms with E-state index in [1.807, 2.05) is 26.0 Å². The Hall–Kier alpha value is -2.50. The molecule has 22 heavy (non-hydrogen) atoms. The van der Waals surface area contributed by atoms with Crippen LogP contribution in [-0.2, 0) is 23.9 Å². The van der Waals surface area contributed by atoms with Crippen LogP contribution in [0.5, 0.6) is 0 Å². The standard InChI is InChI=1S/C16H17NO5/c1-9-3-4-12(10(2)7-9)17-15(20)14(19)8-13(18)11-5-6-22-16(11)21/h3-4,7,11H,5-6,8H2,1-2H3,(H,17,20). The van der Waals surface area contributed by atoms with E-state index in [-0.39, 0.29) is 13.0 Å². The number of anilines is 1. The third-order valence-corrected chi connectivity index (χ3v) is 3.54. The molecule has 1 aliphatic rings. The van der Waals surface area contributed by atoms with Gasteiger partial charge in [0.25, 0.3) is 5.91 Å². The summed E-state index contributed by atoms with van der Waals surface area (Å²) < 4.78 is 4.68. The molecule has 0 saturated carbocycles. The van der Waals surface area contributed by atoms with E-state index in [1.165, 1.54) is 0 Å². The van der Waals surface area contributed by atoms with E-state index in [0.29, 0.717) is 5.69 Å². The predicted molar refractivity (Wildman–Crippen MR) is 78.2 cm³/mol. The first-order valence-corrected chi connectivity index (χ1v) is 6.99. The monoisotopic (exact) mass is 303 g/mol. The molecule has 1 saturated heterocycles. The number of rotatable bonds is 5. The van der Waals surface area contributed by atoms with Crippen LogP contribution < -0.4 is 5.32 Å². The fourth-order valence-corrected chi connectivity index (χ4v) is 2.30. The van der Waals surface area contributed by atoms with Gasteiger partial charge < -0.3 is 10.1 Å². The highest BCUT2D eigenvalue weighted by Crippen LogP contribution is 2.18. The zero-order chi connectivity index (χ0) is 16.3. The van der Waals surface area contributed by atoms with Crippen molar-refractivity contribution in [3.05, 3.63) is 29.3 Å². The highest BCUT2D eigenvalue weighted by atomic mass is 16.5. The van der Waals surface area contributed by atoms with Gasteiger partial charge in [0.2, 0.25) is 5.78 Å². The summed E-state index contributed by atoms with van der Waals surface area (Å²) in [6.45, 7) is 3.91. The Labute approximate surface area is 127 Å². The van der Waals surface area contributed by atoms with Gasteiger partial charge in [0.1, 0.15) is 5.92 Å². The fourth-order valence-electron chi connectivity index (χ4n) is 2.30. The molecule has 0 aromatic heterocycles. The third kappa shape index (κ3) is 3.58. The Bertz CT molecular complexity index is 650. The van der Waals surface area contributed by atoms with E-state index in [4.69, 9.17) is 0 Å². The molecule has 1 aromatic rings. The van der Waals surface area contributed by atoms with Gasteiger partial charge in [-0.25, -0.2) is 0 Å². The van der Waals surface area contributed by atoms with Gasteiger partial charge in [-0.05, 0) is 25.5 Å². The highest BCUT2D eigenvalue weighted by Gasteiger charge is 2.34. The maximum absolute atomic E-state index is 11.9. The number of nitrogens with one attached hydrogen (secondary N) is 1. The number of cyclic esters (lactones) is 1. The first kappa shape index (κ1) is 15.9. The van der Waals surface area contributed by atoms with Gasteiger partial charge in [-0.2, -0.15) is 0 Å². The van der Waals surface area contributed by atoms with Crippen LogP contribution >= 0.6 is 0 Å². The zero-order valence-corrected chi connectivity index (χ0v) is 12.5. The van der Waals surface area contributed by atoms with Crippen LogP contribution in [0.2, 0.25) is 0 Å². The Kier molecular flexibility index (Phi) is 4.70. The number of ketones is 2. The lowest BCUT2D eigenvalue weighted by atomic mass is 9.98. The van der Waals surface area contributed by atoms with Crippen LogP contribution in [0.1, 0.15) is 24.0 Å². The van der Waals surface area contributed by atoms with Crippen LogP contribution in [0.15, 0.2) is 18.2 Å². The number of esters is 1. The molecular formula is C16H17NO5. The summed E-state index contributed by atoms with van der Waals surface area (Å²) >= 11 is 0. The van der Waals surface area contributed by atoms with Crippen molar-refractivity contribution in [1.82, 2.24) is 0 Å². The molecule has 1 atom stereocenters. The average Bonchev–Trinajstić information content (AvgIpc) is 2.88. The first-order valence-electron chi connectivity index (χ1n) is 6.99. The van der Waals surface area contributed by atoms with Crippen molar-refractivity contribution in [1.29, 1.82) is 0 Å². The van der Waals surface area contributed by atoms with Crippen molar-refractivity contribution < 1.29 is 23.9 Å². The van der Waals surface area contributed by atoms with E-state index < -0.39 is 35.8 Å². The molecule has 116 valence electrons. The summed E-state index contributed by atoms with van der Waals surface area (Å²) in [7, 11) is 0. The number of ether oxygens (including phenoxy) is 1. The topological polar surface area (TPSA) is 89.5 Å². The smallest absolute Gasteiger partial charge is 0.316 e. The lowest BCUT2D eigenvalue weighted by molar-refractivity contribution is -0.145. The van der Waals surface area contributed by atoms with Crippen LogP contribution in [-0.4, -0.2) is 30.0 Å². The molecule has 1 fully saturated rings. The lowest BCUT2D eigenvalue weighted by Gasteiger charge is -2.09. The largest absolute Gasteiger partial charge is 0.465 e. The second-order valence-corrected chi connectivity index (χ2v) is 5.35. The number of benzene rings is 1. The van der Waals surface area contributed by atoms with Crippen molar-refractivity contribution >= 4 is 29.1 Å². The fraction of sp³-hybridized carbons (Fsp3) is 0.375. The molecule has 1 N–H and O–H groups in total. The molecule has 6 heteroatoms. The lowest BCUT2D eigenvalue weighted by Crippen LogP contribution is -2.29. The Morgan fingerprint density at radius 1 is 1.27 bits per heavy atom. The minimum Gasteiger partial charge on any atom is -0.465 e. The van der Waals surface area contributed by atoms with Gasteiger partial charge >= 0.3 is 5.97 Å². The minimum absolute atomic E-state index is 0.179. The SMILES string of the molecule is Cc1ccc(NC(=O)C(=O)CC(=O)C2CCOC2=O)c(C)c1. The number of hydrogen-bond donors (Lipinski definition) is 1. The molecule has 0 aliphatic carbocycles. The molecule has 1 aromatic carbocycles. The molecule has 1 heterocycles. The summed E-state index contributed by atoms with van der Waals surface area (Å²) in [6.07, 6.45) is -0.319. The molecule has 0 bridgehead atoms. The number of aryl methyl sites for hydroxylation is 2. The molecular weight excluding hydrogens is 286 g/mol. The Morgan fingerprint density at radius 2 is 2.00 bits per heavy atom. The summed E-state index contributed by atoms with van der Waals surface area (Å²) in [5.74, 6) is -3.81. The second-order valence-electron chi connectivity index (χ2n) is 5.35. The average molecular weight is 303 g/mol. The van der Waals surface area contributed by atoms with Crippen molar-refractivity contribution in [2.45, 2.75) is 26.7 Å². The van der Waals surface area contributed by atoms with Crippen LogP contribution in [0.3, 0.4) is 0 Å². The van der Waals surface area contributed by atoms with Gasteiger partial charge in [-0.15, -0.1) is 0 Å². The molecule has 2 rings (SSSR count). The van der Waals surface area contributed by atoms with E-state index >= 15 is 0 Å². The van der Waals surface area contributed by atoms with E-state index in [1.54, 1.807) is 6.07 Å². The van der Waals surface area contributed by atoms with Gasteiger partial charge in [0.05, 0.1) is 13.0 Å². The molecule has 0 spiro atoms. The first-order chi connectivity index (χ1) is 10.4. The second kappa shape index (κ2) is 6.51. The van der Waals surface area contributed by atoms with Crippen molar-refractivity contribution in [2.24, 2.45) is 5.92 Å². The number of amides is 1. The van der Waals surface area contributed by atoms with E-state index in [2.05, 4.69) is 10.1 Å². The van der Waals surface area contributed by atoms with Crippen molar-refractivity contribution in [3.8, 4) is 0 Å². The van der Waals surface area contributed by atoms with Crippen molar-refractivity contribution in [2.75, 3.05) is 11.9 Å². The Balaban J connectivity index is 1.96. The van der Waals surface area contributed by atoms with Crippen LogP contribution in [0.25, 0.3) is 0 Å². The highest BCUT2D eigenvalue weighted by molar-refractivity contribution is 6.43. The summed E-state index contributed by atoms with van der Waals surface area (Å²) in [5.41, 5.74) is 2.39. The van der Waals surface area contributed by atoms with Gasteiger partial charge in [-0.3, -0.25) is 19.2 Å². The van der Waals surface area contributed by atoms with Crippen LogP contribution in [0, 0.1) is 19.8 Å². The maximum atomic E-state index is 11.9. The summed E-state index contributed by atoms with van der Waals surface area (Å²) in [6, 6.07) is 5.39. The van der Waals surface area contributed by atoms with Crippen molar-refractivity contribution in [3.63, 3.8) is 0 Å². The molecule has 6 nitrogen and oxygen atoms in total. The zero-order valence-electron chi connectivity index (χ0n) is 12.5. The number of hydrogen-bond acceptors (Lipinski definition) is 5. The Morgan fingerprint density at radius 3 is 2.59 bits per heavy atom. The molecule has 1 aliphatic heterocycles. The summed E-state index contributed by atoms with van der Waals surface area (Å²) in [4.78, 5) is 46.8. The maximum Gasteiger partial charge on any atom is 0.316 e. The van der Waals surface area contributed by atoms with Crippen LogP contribution in [0.4, 0.5) is 5.69 Å². The molecule has 0 radical (unpaired) electrons. The minimum atomic E-state index is -0.919. The van der Waals surface area contributed by atoms with Gasteiger partial charge in [0, 0.05) is 12.1 Å².